The maximum atomic E-state index is 13.2. The molecule has 2 aromatic heterocycles. The molecular weight excluding hydrogens is 251 g/mol. The molecule has 6 heteroatoms. The summed E-state index contributed by atoms with van der Waals surface area (Å²) in [4.78, 5) is 27.3. The van der Waals surface area contributed by atoms with Crippen molar-refractivity contribution in [2.24, 2.45) is 0 Å². The molecular formula is C13H7FN2O3. The largest absolute Gasteiger partial charge is 0.478 e. The van der Waals surface area contributed by atoms with Crippen LogP contribution in [0.2, 0.25) is 0 Å². The Morgan fingerprint density at radius 3 is 2.84 bits per heavy atom. The summed E-state index contributed by atoms with van der Waals surface area (Å²) in [5, 5.41) is 9.31. The molecule has 2 heterocycles. The average molecular weight is 258 g/mol. The maximum absolute atomic E-state index is 13.2. The summed E-state index contributed by atoms with van der Waals surface area (Å²) in [7, 11) is 0. The molecule has 0 aliphatic heterocycles. The highest BCUT2D eigenvalue weighted by atomic mass is 19.1. The lowest BCUT2D eigenvalue weighted by atomic mass is 10.2. The van der Waals surface area contributed by atoms with Crippen LogP contribution in [-0.2, 0) is 0 Å². The summed E-state index contributed by atoms with van der Waals surface area (Å²) in [5.74, 6) is -1.72. The Kier molecular flexibility index (Phi) is 2.31. The second-order valence-electron chi connectivity index (χ2n) is 4.00. The van der Waals surface area contributed by atoms with E-state index < -0.39 is 17.3 Å². The van der Waals surface area contributed by atoms with E-state index in [9.17, 15) is 14.0 Å². The summed E-state index contributed by atoms with van der Waals surface area (Å²) in [5.41, 5.74) is -0.398. The van der Waals surface area contributed by atoms with E-state index in [2.05, 4.69) is 4.98 Å². The molecule has 0 spiro atoms. The molecule has 1 N–H and O–H groups in total. The molecule has 3 rings (SSSR count). The van der Waals surface area contributed by atoms with Crippen LogP contribution in [0.25, 0.3) is 16.6 Å². The van der Waals surface area contributed by atoms with Gasteiger partial charge in [0.15, 0.2) is 5.65 Å². The number of halogens is 1. The van der Waals surface area contributed by atoms with E-state index in [-0.39, 0.29) is 22.1 Å². The normalized spacial score (nSPS) is 11.0. The third-order valence-corrected chi connectivity index (χ3v) is 2.83. The van der Waals surface area contributed by atoms with Crippen LogP contribution in [0.4, 0.5) is 4.39 Å². The van der Waals surface area contributed by atoms with Gasteiger partial charge in [-0.3, -0.25) is 9.20 Å². The van der Waals surface area contributed by atoms with Crippen LogP contribution in [0, 0.1) is 5.82 Å². The lowest BCUT2D eigenvalue weighted by Gasteiger charge is -2.05. The van der Waals surface area contributed by atoms with Crippen molar-refractivity contribution in [3.05, 3.63) is 58.3 Å². The van der Waals surface area contributed by atoms with Gasteiger partial charge in [0, 0.05) is 12.3 Å². The second-order valence-corrected chi connectivity index (χ2v) is 4.00. The molecule has 19 heavy (non-hydrogen) atoms. The van der Waals surface area contributed by atoms with E-state index in [1.54, 1.807) is 0 Å². The second kappa shape index (κ2) is 3.88. The van der Waals surface area contributed by atoms with Crippen molar-refractivity contribution in [2.75, 3.05) is 0 Å². The van der Waals surface area contributed by atoms with Crippen molar-refractivity contribution in [2.45, 2.75) is 0 Å². The van der Waals surface area contributed by atoms with Gasteiger partial charge in [0.2, 0.25) is 0 Å². The van der Waals surface area contributed by atoms with Gasteiger partial charge in [0.25, 0.3) is 5.56 Å². The number of fused-ring (bicyclic) bond motifs is 2. The van der Waals surface area contributed by atoms with Crippen LogP contribution < -0.4 is 5.56 Å². The molecule has 94 valence electrons. The number of benzene rings is 1. The van der Waals surface area contributed by atoms with E-state index in [1.165, 1.54) is 30.5 Å². The highest BCUT2D eigenvalue weighted by Crippen LogP contribution is 2.13. The first-order chi connectivity index (χ1) is 9.08. The van der Waals surface area contributed by atoms with Gasteiger partial charge in [-0.15, -0.1) is 0 Å². The zero-order valence-corrected chi connectivity index (χ0v) is 9.50. The van der Waals surface area contributed by atoms with Gasteiger partial charge in [-0.25, -0.2) is 14.2 Å². The predicted octanol–water partition coefficient (Wildman–Crippen LogP) is 1.69. The standard InChI is InChI=1S/C13H7FN2O3/c14-7-3-4-8-10(6-7)15-11-9(13(18)19)2-1-5-16(11)12(8)17/h1-6H,(H,18,19). The quantitative estimate of drug-likeness (QED) is 0.674. The lowest BCUT2D eigenvalue weighted by molar-refractivity contribution is 0.0698. The minimum absolute atomic E-state index is 0.00176. The van der Waals surface area contributed by atoms with Crippen LogP contribution in [-0.4, -0.2) is 20.5 Å². The molecule has 5 nitrogen and oxygen atoms in total. The van der Waals surface area contributed by atoms with Gasteiger partial charge >= 0.3 is 5.97 Å². The number of aromatic carboxylic acids is 1. The summed E-state index contributed by atoms with van der Waals surface area (Å²) in [6.07, 6.45) is 1.43. The Morgan fingerprint density at radius 1 is 1.32 bits per heavy atom. The highest BCUT2D eigenvalue weighted by molar-refractivity contribution is 5.95. The SMILES string of the molecule is O=C(O)c1cccn2c(=O)c3ccc(F)cc3nc12. The molecule has 1 aromatic carbocycles. The predicted molar refractivity (Wildman–Crippen MR) is 65.9 cm³/mol. The summed E-state index contributed by atoms with van der Waals surface area (Å²) in [6, 6.07) is 6.40. The summed E-state index contributed by atoms with van der Waals surface area (Å²) < 4.78 is 14.3. The fraction of sp³-hybridized carbons (Fsp3) is 0. The van der Waals surface area contributed by atoms with Gasteiger partial charge in [0.1, 0.15) is 11.4 Å². The molecule has 0 saturated heterocycles. The molecule has 0 unspecified atom stereocenters. The van der Waals surface area contributed by atoms with Crippen molar-refractivity contribution in [1.29, 1.82) is 0 Å². The van der Waals surface area contributed by atoms with Gasteiger partial charge in [-0.1, -0.05) is 0 Å². The van der Waals surface area contributed by atoms with Gasteiger partial charge in [-0.05, 0) is 24.3 Å². The fourth-order valence-corrected chi connectivity index (χ4v) is 1.97. The van der Waals surface area contributed by atoms with Crippen LogP contribution >= 0.6 is 0 Å². The van der Waals surface area contributed by atoms with E-state index in [4.69, 9.17) is 5.11 Å². The zero-order chi connectivity index (χ0) is 13.6. The Morgan fingerprint density at radius 2 is 2.11 bits per heavy atom. The van der Waals surface area contributed by atoms with E-state index >= 15 is 0 Å². The first kappa shape index (κ1) is 11.3. The Balaban J connectivity index is 2.58. The average Bonchev–Trinajstić information content (AvgIpc) is 2.37. The molecule has 0 bridgehead atoms. The van der Waals surface area contributed by atoms with E-state index in [0.717, 1.165) is 10.5 Å². The Bertz CT molecular complexity index is 886. The molecule has 0 aliphatic carbocycles. The van der Waals surface area contributed by atoms with Gasteiger partial charge in [0.05, 0.1) is 10.9 Å². The molecule has 0 amide bonds. The molecule has 0 atom stereocenters. The number of hydrogen-bond donors (Lipinski definition) is 1. The third kappa shape index (κ3) is 1.65. The minimum Gasteiger partial charge on any atom is -0.478 e. The monoisotopic (exact) mass is 258 g/mol. The van der Waals surface area contributed by atoms with Crippen molar-refractivity contribution >= 4 is 22.5 Å². The minimum atomic E-state index is -1.19. The topological polar surface area (TPSA) is 71.7 Å². The van der Waals surface area contributed by atoms with Crippen LogP contribution in [0.5, 0.6) is 0 Å². The van der Waals surface area contributed by atoms with Crippen LogP contribution in [0.3, 0.4) is 0 Å². The number of carbonyl (C=O) groups is 1. The Hall–Kier alpha value is -2.76. The highest BCUT2D eigenvalue weighted by Gasteiger charge is 2.13. The van der Waals surface area contributed by atoms with Crippen molar-refractivity contribution in [1.82, 2.24) is 9.38 Å². The summed E-state index contributed by atoms with van der Waals surface area (Å²) >= 11 is 0. The molecule has 3 aromatic rings. The number of nitrogens with zero attached hydrogens (tertiary/aromatic N) is 2. The lowest BCUT2D eigenvalue weighted by Crippen LogP contribution is -2.17. The summed E-state index contributed by atoms with van der Waals surface area (Å²) in [6.45, 7) is 0. The Labute approximate surface area is 105 Å². The van der Waals surface area contributed by atoms with Crippen molar-refractivity contribution < 1.29 is 14.3 Å². The fourth-order valence-electron chi connectivity index (χ4n) is 1.97. The van der Waals surface area contributed by atoms with Crippen LogP contribution in [0.15, 0.2) is 41.3 Å². The maximum Gasteiger partial charge on any atom is 0.339 e. The third-order valence-electron chi connectivity index (χ3n) is 2.83. The number of rotatable bonds is 1. The molecule has 0 aliphatic rings. The van der Waals surface area contributed by atoms with Gasteiger partial charge in [-0.2, -0.15) is 0 Å². The van der Waals surface area contributed by atoms with Crippen molar-refractivity contribution in [3.8, 4) is 0 Å². The zero-order valence-electron chi connectivity index (χ0n) is 9.50. The first-order valence-corrected chi connectivity index (χ1v) is 5.42. The van der Waals surface area contributed by atoms with E-state index in [0.29, 0.717) is 0 Å². The number of aromatic nitrogens is 2. The molecule has 0 fully saturated rings. The number of carboxylic acids is 1. The molecule has 0 radical (unpaired) electrons. The first-order valence-electron chi connectivity index (χ1n) is 5.42. The molecule has 0 saturated carbocycles. The smallest absolute Gasteiger partial charge is 0.339 e. The number of carboxylic acid groups (broad SMARTS) is 1. The number of pyridine rings is 1. The van der Waals surface area contributed by atoms with Gasteiger partial charge < -0.3 is 5.11 Å². The van der Waals surface area contributed by atoms with Crippen LogP contribution in [0.1, 0.15) is 10.4 Å². The number of hydrogen-bond acceptors (Lipinski definition) is 3. The van der Waals surface area contributed by atoms with Crippen molar-refractivity contribution in [3.63, 3.8) is 0 Å². The van der Waals surface area contributed by atoms with E-state index in [1.807, 2.05) is 0 Å².